The number of hydrogen-bond acceptors (Lipinski definition) is 0. The van der Waals surface area contributed by atoms with Gasteiger partial charge in [0.25, 0.3) is 0 Å². The molecule has 0 spiro atoms. The number of allylic oxidation sites excluding steroid dienone is 14. The van der Waals surface area contributed by atoms with Gasteiger partial charge in [0.2, 0.25) is 0 Å². The van der Waals surface area contributed by atoms with Gasteiger partial charge in [-0.1, -0.05) is 54.7 Å². The van der Waals surface area contributed by atoms with E-state index in [4.69, 9.17) is 11.6 Å². The summed E-state index contributed by atoms with van der Waals surface area (Å²) >= 11 is 6.07. The monoisotopic (exact) mass is 252 g/mol. The van der Waals surface area contributed by atoms with Crippen molar-refractivity contribution in [3.05, 3.63) is 82.5 Å². The van der Waals surface area contributed by atoms with Gasteiger partial charge in [-0.2, -0.15) is 0 Å². The van der Waals surface area contributed by atoms with Crippen molar-refractivity contribution in [2.45, 2.75) is 0 Å². The largest absolute Gasteiger partial charge is 0.122 e. The molecule has 1 heteroatoms. The Bertz CT molecular complexity index is 633. The third kappa shape index (κ3) is 1.27. The molecule has 0 aromatic heterocycles. The summed E-state index contributed by atoms with van der Waals surface area (Å²) in [6.07, 6.45) is 20.0. The van der Waals surface area contributed by atoms with Crippen LogP contribution in [0.3, 0.4) is 0 Å². The summed E-state index contributed by atoms with van der Waals surface area (Å²) in [4.78, 5) is 0. The lowest BCUT2D eigenvalue weighted by atomic mass is 9.63. The molecule has 0 fully saturated rings. The Morgan fingerprint density at radius 1 is 0.778 bits per heavy atom. The first-order valence-corrected chi connectivity index (χ1v) is 6.87. The van der Waals surface area contributed by atoms with Crippen LogP contribution < -0.4 is 0 Å². The molecule has 0 aromatic rings. The highest BCUT2D eigenvalue weighted by atomic mass is 35.5. The molecule has 0 amide bonds. The molecule has 0 bridgehead atoms. The lowest BCUT2D eigenvalue weighted by Gasteiger charge is -2.40. The van der Waals surface area contributed by atoms with Crippen molar-refractivity contribution in [1.82, 2.24) is 0 Å². The van der Waals surface area contributed by atoms with Crippen LogP contribution in [0.5, 0.6) is 0 Å². The van der Waals surface area contributed by atoms with Crippen molar-refractivity contribution in [1.29, 1.82) is 0 Å². The van der Waals surface area contributed by atoms with Crippen molar-refractivity contribution < 1.29 is 0 Å². The Morgan fingerprint density at radius 3 is 2.33 bits per heavy atom. The fourth-order valence-electron chi connectivity index (χ4n) is 3.39. The summed E-state index contributed by atoms with van der Waals surface area (Å²) in [5, 5.41) is 0. The van der Waals surface area contributed by atoms with E-state index in [1.165, 1.54) is 27.9 Å². The maximum Gasteiger partial charge on any atom is 0.0477 e. The molecule has 4 rings (SSSR count). The van der Waals surface area contributed by atoms with Crippen LogP contribution in [0.4, 0.5) is 0 Å². The summed E-state index contributed by atoms with van der Waals surface area (Å²) in [6, 6.07) is 0. The van der Waals surface area contributed by atoms with Crippen LogP contribution in [-0.4, -0.2) is 5.88 Å². The highest BCUT2D eigenvalue weighted by Crippen LogP contribution is 2.49. The van der Waals surface area contributed by atoms with Gasteiger partial charge in [0.05, 0.1) is 0 Å². The summed E-state index contributed by atoms with van der Waals surface area (Å²) in [6.45, 7) is 0. The van der Waals surface area contributed by atoms with Gasteiger partial charge in [-0.25, -0.2) is 0 Å². The predicted molar refractivity (Wildman–Crippen MR) is 76.4 cm³/mol. The molecule has 0 saturated carbocycles. The second-order valence-corrected chi connectivity index (χ2v) is 5.36. The van der Waals surface area contributed by atoms with E-state index in [9.17, 15) is 0 Å². The summed E-state index contributed by atoms with van der Waals surface area (Å²) in [5.74, 6) is 1.57. The minimum Gasteiger partial charge on any atom is -0.122 e. The Morgan fingerprint density at radius 2 is 1.50 bits per heavy atom. The van der Waals surface area contributed by atoms with Gasteiger partial charge in [0.1, 0.15) is 0 Å². The zero-order valence-electron chi connectivity index (χ0n) is 9.94. The second kappa shape index (κ2) is 3.73. The molecule has 0 aliphatic heterocycles. The number of rotatable bonds is 1. The van der Waals surface area contributed by atoms with E-state index in [-0.39, 0.29) is 0 Å². The Hall–Kier alpha value is -1.53. The molecule has 0 aromatic carbocycles. The quantitative estimate of drug-likeness (QED) is 0.612. The van der Waals surface area contributed by atoms with Crippen molar-refractivity contribution in [2.24, 2.45) is 11.8 Å². The zero-order chi connectivity index (χ0) is 12.1. The van der Waals surface area contributed by atoms with E-state index in [2.05, 4.69) is 54.7 Å². The molecule has 0 heterocycles. The van der Waals surface area contributed by atoms with Crippen LogP contribution in [0.15, 0.2) is 82.5 Å². The average Bonchev–Trinajstić information content (AvgIpc) is 2.44. The smallest absolute Gasteiger partial charge is 0.0477 e. The SMILES string of the molecule is ClCC1=C2C=CC3=CC=CC4=CC=C(C=C1)C2C34. The standard InChI is InChI=1S/C17H13Cl/c18-10-14-7-6-13-5-4-11-2-1-3-12-8-9-15(14)17(13)16(11)12/h1-9,16-17H,10H2. The first-order valence-electron chi connectivity index (χ1n) is 6.33. The van der Waals surface area contributed by atoms with Gasteiger partial charge in [-0.05, 0) is 27.9 Å². The van der Waals surface area contributed by atoms with Crippen LogP contribution in [-0.2, 0) is 0 Å². The van der Waals surface area contributed by atoms with E-state index >= 15 is 0 Å². The Labute approximate surface area is 112 Å². The van der Waals surface area contributed by atoms with Gasteiger partial charge in [0, 0.05) is 17.7 Å². The maximum absolute atomic E-state index is 6.07. The third-order valence-corrected chi connectivity index (χ3v) is 4.53. The molecule has 88 valence electrons. The zero-order valence-corrected chi connectivity index (χ0v) is 10.7. The molecular weight excluding hydrogens is 240 g/mol. The fourth-order valence-corrected chi connectivity index (χ4v) is 3.63. The van der Waals surface area contributed by atoms with E-state index in [1.54, 1.807) is 0 Å². The van der Waals surface area contributed by atoms with E-state index in [0.717, 1.165) is 0 Å². The fraction of sp³-hybridized carbons (Fsp3) is 0.176. The van der Waals surface area contributed by atoms with Crippen molar-refractivity contribution in [3.8, 4) is 0 Å². The molecule has 0 nitrogen and oxygen atoms in total. The molecule has 0 saturated heterocycles. The molecule has 4 aliphatic carbocycles. The molecule has 0 N–H and O–H groups in total. The van der Waals surface area contributed by atoms with Crippen molar-refractivity contribution >= 4 is 11.6 Å². The van der Waals surface area contributed by atoms with Crippen LogP contribution in [0.25, 0.3) is 0 Å². The Kier molecular flexibility index (Phi) is 2.15. The normalized spacial score (nSPS) is 30.8. The first kappa shape index (κ1) is 10.4. The Balaban J connectivity index is 1.99. The van der Waals surface area contributed by atoms with Crippen molar-refractivity contribution in [3.63, 3.8) is 0 Å². The first-order chi connectivity index (χ1) is 8.88. The van der Waals surface area contributed by atoms with E-state index in [0.29, 0.717) is 17.7 Å². The lowest BCUT2D eigenvalue weighted by Crippen LogP contribution is -2.29. The lowest BCUT2D eigenvalue weighted by molar-refractivity contribution is 0.560. The van der Waals surface area contributed by atoms with Crippen LogP contribution in [0.2, 0.25) is 0 Å². The van der Waals surface area contributed by atoms with Gasteiger partial charge in [-0.3, -0.25) is 0 Å². The molecule has 4 aliphatic rings. The highest BCUT2D eigenvalue weighted by molar-refractivity contribution is 6.19. The predicted octanol–water partition coefficient (Wildman–Crippen LogP) is 4.26. The third-order valence-electron chi connectivity index (χ3n) is 4.24. The molecule has 18 heavy (non-hydrogen) atoms. The number of halogens is 1. The minimum atomic E-state index is 0.477. The molecular formula is C17H13Cl. The summed E-state index contributed by atoms with van der Waals surface area (Å²) < 4.78 is 0. The van der Waals surface area contributed by atoms with Crippen LogP contribution in [0, 0.1) is 11.8 Å². The topological polar surface area (TPSA) is 0 Å². The number of hydrogen-bond donors (Lipinski definition) is 0. The number of alkyl halides is 1. The van der Waals surface area contributed by atoms with E-state index in [1.807, 2.05) is 0 Å². The minimum absolute atomic E-state index is 0.477. The van der Waals surface area contributed by atoms with Gasteiger partial charge in [-0.15, -0.1) is 11.6 Å². The van der Waals surface area contributed by atoms with Crippen LogP contribution in [0.1, 0.15) is 0 Å². The van der Waals surface area contributed by atoms with Crippen LogP contribution >= 0.6 is 11.6 Å². The average molecular weight is 253 g/mol. The van der Waals surface area contributed by atoms with E-state index < -0.39 is 0 Å². The highest BCUT2D eigenvalue weighted by Gasteiger charge is 2.37. The molecule has 0 radical (unpaired) electrons. The van der Waals surface area contributed by atoms with Gasteiger partial charge >= 0.3 is 0 Å². The van der Waals surface area contributed by atoms with Gasteiger partial charge in [0.15, 0.2) is 0 Å². The summed E-state index contributed by atoms with van der Waals surface area (Å²) in [5.41, 5.74) is 6.93. The molecule has 2 unspecified atom stereocenters. The van der Waals surface area contributed by atoms with Gasteiger partial charge < -0.3 is 0 Å². The van der Waals surface area contributed by atoms with Crippen molar-refractivity contribution in [2.75, 3.05) is 5.88 Å². The second-order valence-electron chi connectivity index (χ2n) is 5.10. The maximum atomic E-state index is 6.07. The summed E-state index contributed by atoms with van der Waals surface area (Å²) in [7, 11) is 0. The molecule has 2 atom stereocenters.